The minimum absolute atomic E-state index is 0.243. The number of anilines is 1. The first-order chi connectivity index (χ1) is 10.1. The molecular formula is C16H16ClNO3. The fraction of sp³-hybridized carbons (Fsp3) is 0.188. The van der Waals surface area contributed by atoms with Gasteiger partial charge >= 0.3 is 0 Å². The van der Waals surface area contributed by atoms with E-state index >= 15 is 0 Å². The molecule has 1 amide bonds. The molecule has 0 saturated carbocycles. The highest BCUT2D eigenvalue weighted by Gasteiger charge is 2.15. The van der Waals surface area contributed by atoms with Gasteiger partial charge in [0.05, 0.1) is 7.11 Å². The van der Waals surface area contributed by atoms with E-state index in [0.29, 0.717) is 16.5 Å². The van der Waals surface area contributed by atoms with Crippen molar-refractivity contribution in [2.24, 2.45) is 0 Å². The van der Waals surface area contributed by atoms with Crippen LogP contribution in [0.4, 0.5) is 5.69 Å². The molecule has 1 atom stereocenters. The summed E-state index contributed by atoms with van der Waals surface area (Å²) in [5.74, 6) is 1.09. The summed E-state index contributed by atoms with van der Waals surface area (Å²) in [5, 5.41) is 3.32. The number of benzene rings is 2. The van der Waals surface area contributed by atoms with Gasteiger partial charge in [0.1, 0.15) is 11.5 Å². The Balaban J connectivity index is 1.95. The van der Waals surface area contributed by atoms with Crippen LogP contribution in [-0.2, 0) is 4.79 Å². The minimum atomic E-state index is -0.627. The maximum Gasteiger partial charge on any atom is 0.265 e. The second kappa shape index (κ2) is 6.99. The van der Waals surface area contributed by atoms with Crippen molar-refractivity contribution in [3.63, 3.8) is 0 Å². The van der Waals surface area contributed by atoms with E-state index < -0.39 is 6.10 Å². The van der Waals surface area contributed by atoms with Crippen molar-refractivity contribution in [1.82, 2.24) is 0 Å². The Kier molecular flexibility index (Phi) is 5.06. The predicted molar refractivity (Wildman–Crippen MR) is 83.2 cm³/mol. The molecule has 0 heterocycles. The Morgan fingerprint density at radius 1 is 1.14 bits per heavy atom. The number of nitrogens with one attached hydrogen (secondary N) is 1. The third-order valence-electron chi connectivity index (χ3n) is 2.83. The Morgan fingerprint density at radius 2 is 1.81 bits per heavy atom. The van der Waals surface area contributed by atoms with Gasteiger partial charge < -0.3 is 14.8 Å². The molecule has 0 fully saturated rings. The molecule has 5 heteroatoms. The number of amides is 1. The zero-order chi connectivity index (χ0) is 15.2. The quantitative estimate of drug-likeness (QED) is 0.915. The summed E-state index contributed by atoms with van der Waals surface area (Å²) >= 11 is 5.87. The molecule has 2 aromatic rings. The van der Waals surface area contributed by atoms with Crippen molar-refractivity contribution in [1.29, 1.82) is 0 Å². The summed E-state index contributed by atoms with van der Waals surface area (Å²) in [5.41, 5.74) is 0.637. The Bertz CT molecular complexity index is 613. The van der Waals surface area contributed by atoms with Crippen molar-refractivity contribution in [3.8, 4) is 11.5 Å². The molecule has 0 aliphatic rings. The average molecular weight is 306 g/mol. The number of hydrogen-bond donors (Lipinski definition) is 1. The zero-order valence-electron chi connectivity index (χ0n) is 11.8. The predicted octanol–water partition coefficient (Wildman–Crippen LogP) is 3.75. The first-order valence-corrected chi connectivity index (χ1v) is 6.83. The molecule has 0 aromatic heterocycles. The number of ether oxygens (including phenoxy) is 2. The topological polar surface area (TPSA) is 47.6 Å². The normalized spacial score (nSPS) is 11.6. The third kappa shape index (κ3) is 4.39. The van der Waals surface area contributed by atoms with Crippen molar-refractivity contribution in [3.05, 3.63) is 53.6 Å². The molecule has 2 rings (SSSR count). The molecule has 1 N–H and O–H groups in total. The fourth-order valence-corrected chi connectivity index (χ4v) is 1.91. The molecule has 0 bridgehead atoms. The van der Waals surface area contributed by atoms with Crippen LogP contribution >= 0.6 is 11.6 Å². The lowest BCUT2D eigenvalue weighted by Crippen LogP contribution is -2.30. The highest BCUT2D eigenvalue weighted by Crippen LogP contribution is 2.19. The first kappa shape index (κ1) is 15.2. The van der Waals surface area contributed by atoms with E-state index in [1.807, 2.05) is 0 Å². The van der Waals surface area contributed by atoms with E-state index in [1.165, 1.54) is 0 Å². The lowest BCUT2D eigenvalue weighted by atomic mass is 10.3. The van der Waals surface area contributed by atoms with Crippen LogP contribution in [0, 0.1) is 0 Å². The van der Waals surface area contributed by atoms with Gasteiger partial charge in [0.15, 0.2) is 6.10 Å². The van der Waals surface area contributed by atoms with Crippen LogP contribution in [-0.4, -0.2) is 19.1 Å². The van der Waals surface area contributed by atoms with E-state index in [9.17, 15) is 4.79 Å². The van der Waals surface area contributed by atoms with E-state index in [2.05, 4.69) is 5.32 Å². The first-order valence-electron chi connectivity index (χ1n) is 6.45. The van der Waals surface area contributed by atoms with Crippen LogP contribution in [0.15, 0.2) is 48.5 Å². The van der Waals surface area contributed by atoms with Crippen LogP contribution in [0.5, 0.6) is 11.5 Å². The number of methoxy groups -OCH3 is 1. The van der Waals surface area contributed by atoms with E-state index in [1.54, 1.807) is 62.6 Å². The SMILES string of the molecule is COc1ccc(OC(C)C(=O)Nc2cccc(Cl)c2)cc1. The highest BCUT2D eigenvalue weighted by atomic mass is 35.5. The van der Waals surface area contributed by atoms with Crippen LogP contribution in [0.1, 0.15) is 6.92 Å². The molecular weight excluding hydrogens is 290 g/mol. The van der Waals surface area contributed by atoms with Gasteiger partial charge in [-0.15, -0.1) is 0 Å². The van der Waals surface area contributed by atoms with Gasteiger partial charge in [-0.05, 0) is 49.4 Å². The van der Waals surface area contributed by atoms with Crippen LogP contribution < -0.4 is 14.8 Å². The van der Waals surface area contributed by atoms with Gasteiger partial charge in [-0.2, -0.15) is 0 Å². The third-order valence-corrected chi connectivity index (χ3v) is 3.07. The Hall–Kier alpha value is -2.20. The molecule has 21 heavy (non-hydrogen) atoms. The average Bonchev–Trinajstić information content (AvgIpc) is 2.48. The van der Waals surface area contributed by atoms with Crippen LogP contribution in [0.25, 0.3) is 0 Å². The summed E-state index contributed by atoms with van der Waals surface area (Å²) in [6, 6.07) is 14.0. The molecule has 0 aliphatic carbocycles. The van der Waals surface area contributed by atoms with Crippen molar-refractivity contribution >= 4 is 23.2 Å². The van der Waals surface area contributed by atoms with Gasteiger partial charge in [0.2, 0.25) is 0 Å². The van der Waals surface area contributed by atoms with Crippen molar-refractivity contribution in [2.75, 3.05) is 12.4 Å². The largest absolute Gasteiger partial charge is 0.497 e. The van der Waals surface area contributed by atoms with Gasteiger partial charge in [-0.25, -0.2) is 0 Å². The number of carbonyl (C=O) groups excluding carboxylic acids is 1. The van der Waals surface area contributed by atoms with E-state index in [4.69, 9.17) is 21.1 Å². The van der Waals surface area contributed by atoms with Gasteiger partial charge in [-0.3, -0.25) is 4.79 Å². The molecule has 0 saturated heterocycles. The summed E-state index contributed by atoms with van der Waals surface area (Å²) in [4.78, 5) is 12.0. The lowest BCUT2D eigenvalue weighted by molar-refractivity contribution is -0.122. The summed E-state index contributed by atoms with van der Waals surface area (Å²) < 4.78 is 10.6. The molecule has 0 spiro atoms. The second-order valence-corrected chi connectivity index (χ2v) is 4.87. The Morgan fingerprint density at radius 3 is 2.43 bits per heavy atom. The zero-order valence-corrected chi connectivity index (χ0v) is 12.6. The Labute approximate surface area is 128 Å². The monoisotopic (exact) mass is 305 g/mol. The van der Waals surface area contributed by atoms with Crippen molar-refractivity contribution in [2.45, 2.75) is 13.0 Å². The van der Waals surface area contributed by atoms with E-state index in [0.717, 1.165) is 5.75 Å². The molecule has 110 valence electrons. The molecule has 0 radical (unpaired) electrons. The maximum atomic E-state index is 12.0. The summed E-state index contributed by atoms with van der Waals surface area (Å²) in [6.45, 7) is 1.68. The standard InChI is InChI=1S/C16H16ClNO3/c1-11(21-15-8-6-14(20-2)7-9-15)16(19)18-13-5-3-4-12(17)10-13/h3-11H,1-2H3,(H,18,19). The van der Waals surface area contributed by atoms with E-state index in [-0.39, 0.29) is 5.91 Å². The second-order valence-electron chi connectivity index (χ2n) is 4.44. The van der Waals surface area contributed by atoms with Gasteiger partial charge in [-0.1, -0.05) is 17.7 Å². The number of halogens is 1. The highest BCUT2D eigenvalue weighted by molar-refractivity contribution is 6.30. The number of rotatable bonds is 5. The maximum absolute atomic E-state index is 12.0. The number of hydrogen-bond acceptors (Lipinski definition) is 3. The van der Waals surface area contributed by atoms with Gasteiger partial charge in [0.25, 0.3) is 5.91 Å². The van der Waals surface area contributed by atoms with Crippen LogP contribution in [0.3, 0.4) is 0 Å². The smallest absolute Gasteiger partial charge is 0.265 e. The molecule has 4 nitrogen and oxygen atoms in total. The minimum Gasteiger partial charge on any atom is -0.497 e. The lowest BCUT2D eigenvalue weighted by Gasteiger charge is -2.15. The molecule has 0 aliphatic heterocycles. The molecule has 1 unspecified atom stereocenters. The molecule has 2 aromatic carbocycles. The summed E-state index contributed by atoms with van der Waals surface area (Å²) in [7, 11) is 1.59. The van der Waals surface area contributed by atoms with Crippen molar-refractivity contribution < 1.29 is 14.3 Å². The number of carbonyl (C=O) groups is 1. The van der Waals surface area contributed by atoms with Gasteiger partial charge in [0, 0.05) is 10.7 Å². The summed E-state index contributed by atoms with van der Waals surface area (Å²) in [6.07, 6.45) is -0.627. The fourth-order valence-electron chi connectivity index (χ4n) is 1.72. The van der Waals surface area contributed by atoms with Crippen LogP contribution in [0.2, 0.25) is 5.02 Å².